The van der Waals surface area contributed by atoms with Crippen LogP contribution >= 0.6 is 0 Å². The standard InChI is InChI=1S/C19H19FN4/c1-3-24(17-6-4-5-14(2)11-17)19-12-18(21-13-22-19)23-16-9-7-15(20)8-10-16/h4-13H,3H2,1-2H3,(H,21,22,23). The molecule has 4 nitrogen and oxygen atoms in total. The van der Waals surface area contributed by atoms with Gasteiger partial charge in [-0.2, -0.15) is 0 Å². The van der Waals surface area contributed by atoms with Gasteiger partial charge < -0.3 is 10.2 Å². The highest BCUT2D eigenvalue weighted by Gasteiger charge is 2.10. The van der Waals surface area contributed by atoms with Crippen LogP contribution in [0.3, 0.4) is 0 Å². The fourth-order valence-corrected chi connectivity index (χ4v) is 2.52. The number of nitrogens with zero attached hydrogens (tertiary/aromatic N) is 3. The molecule has 1 aromatic heterocycles. The first kappa shape index (κ1) is 15.9. The van der Waals surface area contributed by atoms with Gasteiger partial charge in [-0.1, -0.05) is 12.1 Å². The van der Waals surface area contributed by atoms with Crippen LogP contribution in [0.4, 0.5) is 27.4 Å². The van der Waals surface area contributed by atoms with Crippen LogP contribution in [0.5, 0.6) is 0 Å². The summed E-state index contributed by atoms with van der Waals surface area (Å²) in [6.45, 7) is 4.94. The first-order valence-electron chi connectivity index (χ1n) is 7.84. The first-order chi connectivity index (χ1) is 11.7. The number of benzene rings is 2. The lowest BCUT2D eigenvalue weighted by atomic mass is 10.2. The lowest BCUT2D eigenvalue weighted by Crippen LogP contribution is -2.17. The summed E-state index contributed by atoms with van der Waals surface area (Å²) in [5, 5.41) is 3.17. The van der Waals surface area contributed by atoms with Crippen molar-refractivity contribution >= 4 is 23.0 Å². The van der Waals surface area contributed by atoms with Gasteiger partial charge in [0.25, 0.3) is 0 Å². The quantitative estimate of drug-likeness (QED) is 0.731. The molecule has 3 rings (SSSR count). The average Bonchev–Trinajstić information content (AvgIpc) is 2.58. The Labute approximate surface area is 141 Å². The van der Waals surface area contributed by atoms with E-state index in [1.54, 1.807) is 12.1 Å². The minimum atomic E-state index is -0.263. The maximum atomic E-state index is 13.0. The maximum absolute atomic E-state index is 13.0. The Balaban J connectivity index is 1.87. The highest BCUT2D eigenvalue weighted by atomic mass is 19.1. The molecule has 0 bridgehead atoms. The number of hydrogen-bond acceptors (Lipinski definition) is 4. The predicted octanol–water partition coefficient (Wildman–Crippen LogP) is 4.83. The van der Waals surface area contributed by atoms with Gasteiger partial charge in [-0.25, -0.2) is 14.4 Å². The van der Waals surface area contributed by atoms with Crippen molar-refractivity contribution in [1.82, 2.24) is 9.97 Å². The van der Waals surface area contributed by atoms with Crippen molar-refractivity contribution in [2.45, 2.75) is 13.8 Å². The highest BCUT2D eigenvalue weighted by Crippen LogP contribution is 2.26. The van der Waals surface area contributed by atoms with Crippen molar-refractivity contribution in [3.05, 3.63) is 72.3 Å². The minimum Gasteiger partial charge on any atom is -0.340 e. The Morgan fingerprint density at radius 3 is 2.54 bits per heavy atom. The van der Waals surface area contributed by atoms with E-state index in [1.807, 2.05) is 12.1 Å². The number of aryl methyl sites for hydroxylation is 1. The van der Waals surface area contributed by atoms with Gasteiger partial charge in [0.2, 0.25) is 0 Å². The molecule has 0 saturated carbocycles. The van der Waals surface area contributed by atoms with Crippen molar-refractivity contribution in [2.75, 3.05) is 16.8 Å². The largest absolute Gasteiger partial charge is 0.340 e. The number of hydrogen-bond donors (Lipinski definition) is 1. The molecule has 0 atom stereocenters. The van der Waals surface area contributed by atoms with Gasteiger partial charge in [0.1, 0.15) is 23.8 Å². The third kappa shape index (κ3) is 3.68. The van der Waals surface area contributed by atoms with Crippen LogP contribution < -0.4 is 10.2 Å². The van der Waals surface area contributed by atoms with E-state index in [1.165, 1.54) is 24.0 Å². The monoisotopic (exact) mass is 322 g/mol. The van der Waals surface area contributed by atoms with E-state index in [4.69, 9.17) is 0 Å². The molecule has 1 N–H and O–H groups in total. The Hall–Kier alpha value is -2.95. The van der Waals surface area contributed by atoms with Gasteiger partial charge in [0, 0.05) is 24.0 Å². The van der Waals surface area contributed by atoms with Crippen LogP contribution in [0.15, 0.2) is 60.9 Å². The molecule has 0 aliphatic heterocycles. The molecular weight excluding hydrogens is 303 g/mol. The summed E-state index contributed by atoms with van der Waals surface area (Å²) in [7, 11) is 0. The molecule has 3 aromatic rings. The van der Waals surface area contributed by atoms with Crippen LogP contribution in [0.25, 0.3) is 0 Å². The number of rotatable bonds is 5. The molecule has 0 aliphatic carbocycles. The molecule has 5 heteroatoms. The van der Waals surface area contributed by atoms with Crippen LogP contribution in [-0.4, -0.2) is 16.5 Å². The summed E-state index contributed by atoms with van der Waals surface area (Å²) in [6.07, 6.45) is 1.53. The molecule has 0 saturated heterocycles. The molecule has 122 valence electrons. The predicted molar refractivity (Wildman–Crippen MR) is 95.6 cm³/mol. The van der Waals surface area contributed by atoms with Gasteiger partial charge >= 0.3 is 0 Å². The van der Waals surface area contributed by atoms with Crippen LogP contribution in [-0.2, 0) is 0 Å². The van der Waals surface area contributed by atoms with E-state index >= 15 is 0 Å². The molecule has 1 heterocycles. The molecule has 0 spiro atoms. The highest BCUT2D eigenvalue weighted by molar-refractivity contribution is 5.65. The Bertz CT molecular complexity index is 818. The second-order valence-corrected chi connectivity index (χ2v) is 5.48. The number of anilines is 4. The molecule has 2 aromatic carbocycles. The van der Waals surface area contributed by atoms with Crippen molar-refractivity contribution < 1.29 is 4.39 Å². The van der Waals surface area contributed by atoms with Crippen LogP contribution in [0.2, 0.25) is 0 Å². The second kappa shape index (κ2) is 7.08. The topological polar surface area (TPSA) is 41.0 Å². The Morgan fingerprint density at radius 2 is 1.83 bits per heavy atom. The van der Waals surface area contributed by atoms with Crippen molar-refractivity contribution in [1.29, 1.82) is 0 Å². The molecule has 0 amide bonds. The zero-order valence-electron chi connectivity index (χ0n) is 13.7. The summed E-state index contributed by atoms with van der Waals surface area (Å²) >= 11 is 0. The van der Waals surface area contributed by atoms with E-state index < -0.39 is 0 Å². The van der Waals surface area contributed by atoms with Crippen molar-refractivity contribution in [3.8, 4) is 0 Å². The fraction of sp³-hybridized carbons (Fsp3) is 0.158. The van der Waals surface area contributed by atoms with E-state index in [0.717, 1.165) is 23.7 Å². The lowest BCUT2D eigenvalue weighted by Gasteiger charge is -2.22. The lowest BCUT2D eigenvalue weighted by molar-refractivity contribution is 0.628. The summed E-state index contributed by atoms with van der Waals surface area (Å²) < 4.78 is 13.0. The van der Waals surface area contributed by atoms with Gasteiger partial charge in [-0.3, -0.25) is 0 Å². The van der Waals surface area contributed by atoms with E-state index in [9.17, 15) is 4.39 Å². The van der Waals surface area contributed by atoms with Gasteiger partial charge in [0.15, 0.2) is 0 Å². The van der Waals surface area contributed by atoms with Gasteiger partial charge in [-0.05, 0) is 55.8 Å². The van der Waals surface area contributed by atoms with Crippen LogP contribution in [0.1, 0.15) is 12.5 Å². The summed E-state index contributed by atoms with van der Waals surface area (Å²) in [4.78, 5) is 10.7. The number of nitrogens with one attached hydrogen (secondary N) is 1. The van der Waals surface area contributed by atoms with Gasteiger partial charge in [0.05, 0.1) is 0 Å². The van der Waals surface area contributed by atoms with E-state index in [0.29, 0.717) is 5.82 Å². The molecule has 0 aliphatic rings. The average molecular weight is 322 g/mol. The third-order valence-corrected chi connectivity index (χ3v) is 3.68. The SMILES string of the molecule is CCN(c1cccc(C)c1)c1cc(Nc2ccc(F)cc2)ncn1. The summed E-state index contributed by atoms with van der Waals surface area (Å²) in [5.41, 5.74) is 3.06. The zero-order valence-corrected chi connectivity index (χ0v) is 13.7. The number of halogens is 1. The maximum Gasteiger partial charge on any atom is 0.138 e. The molecule has 0 unspecified atom stereocenters. The first-order valence-corrected chi connectivity index (χ1v) is 7.84. The third-order valence-electron chi connectivity index (χ3n) is 3.68. The fourth-order valence-electron chi connectivity index (χ4n) is 2.52. The molecular formula is C19H19FN4. The second-order valence-electron chi connectivity index (χ2n) is 5.48. The van der Waals surface area contributed by atoms with E-state index in [2.05, 4.69) is 52.2 Å². The molecule has 0 fully saturated rings. The number of aromatic nitrogens is 2. The Morgan fingerprint density at radius 1 is 1.04 bits per heavy atom. The van der Waals surface area contributed by atoms with Crippen molar-refractivity contribution in [2.24, 2.45) is 0 Å². The summed E-state index contributed by atoms with van der Waals surface area (Å²) in [6, 6.07) is 16.3. The molecule has 24 heavy (non-hydrogen) atoms. The molecule has 0 radical (unpaired) electrons. The normalized spacial score (nSPS) is 10.5. The van der Waals surface area contributed by atoms with Gasteiger partial charge in [-0.15, -0.1) is 0 Å². The minimum absolute atomic E-state index is 0.263. The zero-order chi connectivity index (χ0) is 16.9. The van der Waals surface area contributed by atoms with Crippen molar-refractivity contribution in [3.63, 3.8) is 0 Å². The van der Waals surface area contributed by atoms with E-state index in [-0.39, 0.29) is 5.82 Å². The van der Waals surface area contributed by atoms with Crippen LogP contribution in [0, 0.1) is 12.7 Å². The smallest absolute Gasteiger partial charge is 0.138 e. The summed E-state index contributed by atoms with van der Waals surface area (Å²) in [5.74, 6) is 1.21. The Kier molecular flexibility index (Phi) is 4.70.